The molecule has 0 fully saturated rings. The van der Waals surface area contributed by atoms with E-state index in [-0.39, 0.29) is 12.5 Å². The summed E-state index contributed by atoms with van der Waals surface area (Å²) < 4.78 is 0. The molecule has 122 valence electrons. The van der Waals surface area contributed by atoms with Crippen molar-refractivity contribution in [1.82, 2.24) is 9.88 Å². The highest BCUT2D eigenvalue weighted by molar-refractivity contribution is 6.36. The van der Waals surface area contributed by atoms with Gasteiger partial charge in [0.25, 0.3) is 0 Å². The first kappa shape index (κ1) is 17.7. The van der Waals surface area contributed by atoms with Crippen molar-refractivity contribution in [2.24, 2.45) is 0 Å². The van der Waals surface area contributed by atoms with Crippen LogP contribution in [0.1, 0.15) is 18.1 Å². The number of hydrogen-bond acceptors (Lipinski definition) is 3. The van der Waals surface area contributed by atoms with Crippen LogP contribution in [0.25, 0.3) is 0 Å². The molecule has 0 atom stereocenters. The third kappa shape index (κ3) is 5.50. The fraction of sp³-hybridized carbons (Fsp3) is 0.294. The van der Waals surface area contributed by atoms with Crippen LogP contribution in [0, 0.1) is 0 Å². The fourth-order valence-electron chi connectivity index (χ4n) is 2.17. The lowest BCUT2D eigenvalue weighted by Crippen LogP contribution is -2.30. The fourth-order valence-corrected chi connectivity index (χ4v) is 2.60. The van der Waals surface area contributed by atoms with Crippen LogP contribution >= 0.6 is 23.2 Å². The van der Waals surface area contributed by atoms with Gasteiger partial charge in [-0.15, -0.1) is 0 Å². The minimum absolute atomic E-state index is 0.172. The van der Waals surface area contributed by atoms with Gasteiger partial charge in [0, 0.05) is 12.7 Å². The summed E-state index contributed by atoms with van der Waals surface area (Å²) in [5.74, 6) is 0.149. The zero-order valence-corrected chi connectivity index (χ0v) is 14.7. The average Bonchev–Trinajstić information content (AvgIpc) is 2.50. The second-order valence-corrected chi connectivity index (χ2v) is 6.22. The lowest BCUT2D eigenvalue weighted by molar-refractivity contribution is -0.117. The first-order valence-electron chi connectivity index (χ1n) is 7.35. The highest BCUT2D eigenvalue weighted by Crippen LogP contribution is 2.22. The van der Waals surface area contributed by atoms with Crippen molar-refractivity contribution < 1.29 is 4.79 Å². The normalized spacial score (nSPS) is 10.8. The number of aryl methyl sites for hydroxylation is 1. The van der Waals surface area contributed by atoms with E-state index >= 15 is 0 Å². The van der Waals surface area contributed by atoms with Crippen LogP contribution in [0.15, 0.2) is 36.5 Å². The van der Waals surface area contributed by atoms with Gasteiger partial charge in [0.15, 0.2) is 5.82 Å². The number of halogens is 2. The van der Waals surface area contributed by atoms with Gasteiger partial charge in [-0.25, -0.2) is 4.98 Å². The summed E-state index contributed by atoms with van der Waals surface area (Å²) in [6.45, 7) is 3.07. The third-order valence-corrected chi connectivity index (χ3v) is 3.86. The van der Waals surface area contributed by atoms with Crippen LogP contribution in [0.5, 0.6) is 0 Å². The van der Waals surface area contributed by atoms with E-state index in [1.165, 1.54) is 17.3 Å². The quantitative estimate of drug-likeness (QED) is 0.854. The Balaban J connectivity index is 1.88. The molecule has 2 rings (SSSR count). The summed E-state index contributed by atoms with van der Waals surface area (Å²) in [7, 11) is 1.89. The predicted molar refractivity (Wildman–Crippen MR) is 95.0 cm³/mol. The van der Waals surface area contributed by atoms with Crippen LogP contribution in [0.4, 0.5) is 5.82 Å². The van der Waals surface area contributed by atoms with Crippen molar-refractivity contribution >= 4 is 34.9 Å². The zero-order chi connectivity index (χ0) is 16.8. The molecule has 0 saturated carbocycles. The first-order valence-corrected chi connectivity index (χ1v) is 8.10. The van der Waals surface area contributed by atoms with Gasteiger partial charge in [-0.05, 0) is 30.7 Å². The second kappa shape index (κ2) is 8.29. The number of carbonyl (C=O) groups excluding carboxylic acids is 1. The number of benzene rings is 1. The highest BCUT2D eigenvalue weighted by Gasteiger charge is 2.10. The number of anilines is 1. The monoisotopic (exact) mass is 351 g/mol. The Hall–Kier alpha value is -1.62. The van der Waals surface area contributed by atoms with Crippen LogP contribution in [0.2, 0.25) is 10.0 Å². The molecule has 23 heavy (non-hydrogen) atoms. The molecule has 0 aliphatic rings. The molecule has 0 bridgehead atoms. The summed E-state index contributed by atoms with van der Waals surface area (Å²) in [6, 6.07) is 9.95. The maximum Gasteiger partial charge on any atom is 0.239 e. The molecular weight excluding hydrogens is 333 g/mol. The second-order valence-electron chi connectivity index (χ2n) is 5.37. The molecular formula is C17H19Cl2N3O. The smallest absolute Gasteiger partial charge is 0.239 e. The molecule has 0 spiro atoms. The standard InChI is InChI=1S/C17H19Cl2N3O/c1-3-12-4-6-13(7-5-12)10-22(2)11-16(23)21-17-15(19)8-14(18)9-20-17/h4-9H,3,10-11H2,1-2H3,(H,20,21,23). The number of nitrogens with zero attached hydrogens (tertiary/aromatic N) is 2. The largest absolute Gasteiger partial charge is 0.308 e. The number of carbonyl (C=O) groups is 1. The number of likely N-dealkylation sites (N-methyl/N-ethyl adjacent to an activating group) is 1. The molecule has 0 saturated heterocycles. The SMILES string of the molecule is CCc1ccc(CN(C)CC(=O)Nc2ncc(Cl)cc2Cl)cc1. The van der Waals surface area contributed by atoms with Crippen molar-refractivity contribution in [3.63, 3.8) is 0 Å². The Morgan fingerprint density at radius 2 is 1.87 bits per heavy atom. The maximum atomic E-state index is 12.1. The van der Waals surface area contributed by atoms with Crippen molar-refractivity contribution in [3.8, 4) is 0 Å². The maximum absolute atomic E-state index is 12.1. The lowest BCUT2D eigenvalue weighted by Gasteiger charge is -2.16. The Morgan fingerprint density at radius 1 is 1.22 bits per heavy atom. The summed E-state index contributed by atoms with van der Waals surface area (Å²) in [5, 5.41) is 3.44. The topological polar surface area (TPSA) is 45.2 Å². The molecule has 0 aliphatic carbocycles. The van der Waals surface area contributed by atoms with Gasteiger partial charge >= 0.3 is 0 Å². The van der Waals surface area contributed by atoms with E-state index in [0.717, 1.165) is 6.42 Å². The summed E-state index contributed by atoms with van der Waals surface area (Å²) in [6.07, 6.45) is 2.47. The zero-order valence-electron chi connectivity index (χ0n) is 13.1. The summed E-state index contributed by atoms with van der Waals surface area (Å²) in [4.78, 5) is 18.0. The van der Waals surface area contributed by atoms with Crippen molar-refractivity contribution in [2.45, 2.75) is 19.9 Å². The van der Waals surface area contributed by atoms with Gasteiger partial charge < -0.3 is 5.32 Å². The van der Waals surface area contributed by atoms with E-state index in [1.807, 2.05) is 11.9 Å². The Morgan fingerprint density at radius 3 is 2.48 bits per heavy atom. The van der Waals surface area contributed by atoms with Gasteiger partial charge in [-0.1, -0.05) is 54.4 Å². The molecule has 4 nitrogen and oxygen atoms in total. The average molecular weight is 352 g/mol. The van der Waals surface area contributed by atoms with Crippen molar-refractivity contribution in [3.05, 3.63) is 57.7 Å². The molecule has 2 aromatic rings. The minimum Gasteiger partial charge on any atom is -0.308 e. The van der Waals surface area contributed by atoms with E-state index in [0.29, 0.717) is 22.4 Å². The lowest BCUT2D eigenvalue weighted by atomic mass is 10.1. The van der Waals surface area contributed by atoms with Crippen LogP contribution in [-0.4, -0.2) is 29.4 Å². The first-order chi connectivity index (χ1) is 11.0. The van der Waals surface area contributed by atoms with Crippen LogP contribution in [-0.2, 0) is 17.8 Å². The summed E-state index contributed by atoms with van der Waals surface area (Å²) >= 11 is 11.8. The Bertz CT molecular complexity index is 674. The molecule has 0 radical (unpaired) electrons. The highest BCUT2D eigenvalue weighted by atomic mass is 35.5. The number of aromatic nitrogens is 1. The number of rotatable bonds is 6. The van der Waals surface area contributed by atoms with E-state index in [2.05, 4.69) is 41.5 Å². The van der Waals surface area contributed by atoms with E-state index in [1.54, 1.807) is 6.07 Å². The molecule has 1 N–H and O–H groups in total. The number of pyridine rings is 1. The number of amides is 1. The van der Waals surface area contributed by atoms with E-state index in [4.69, 9.17) is 23.2 Å². The van der Waals surface area contributed by atoms with E-state index < -0.39 is 0 Å². The Labute approximate surface area is 146 Å². The molecule has 1 aromatic heterocycles. The van der Waals surface area contributed by atoms with Gasteiger partial charge in [0.2, 0.25) is 5.91 Å². The summed E-state index contributed by atoms with van der Waals surface area (Å²) in [5.41, 5.74) is 2.47. The Kier molecular flexibility index (Phi) is 6.39. The minimum atomic E-state index is -0.172. The van der Waals surface area contributed by atoms with Gasteiger partial charge in [-0.3, -0.25) is 9.69 Å². The van der Waals surface area contributed by atoms with Crippen LogP contribution in [0.3, 0.4) is 0 Å². The predicted octanol–water partition coefficient (Wildman–Crippen LogP) is 4.02. The molecule has 0 unspecified atom stereocenters. The molecule has 1 amide bonds. The van der Waals surface area contributed by atoms with Gasteiger partial charge in [-0.2, -0.15) is 0 Å². The number of nitrogens with one attached hydrogen (secondary N) is 1. The molecule has 0 aliphatic heterocycles. The third-order valence-electron chi connectivity index (χ3n) is 3.36. The molecule has 1 heterocycles. The van der Waals surface area contributed by atoms with E-state index in [9.17, 15) is 4.79 Å². The van der Waals surface area contributed by atoms with Gasteiger partial charge in [0.1, 0.15) is 0 Å². The molecule has 6 heteroatoms. The van der Waals surface area contributed by atoms with Crippen molar-refractivity contribution in [2.75, 3.05) is 18.9 Å². The number of hydrogen-bond donors (Lipinski definition) is 1. The van der Waals surface area contributed by atoms with Crippen LogP contribution < -0.4 is 5.32 Å². The van der Waals surface area contributed by atoms with Crippen molar-refractivity contribution in [1.29, 1.82) is 0 Å². The molecule has 1 aromatic carbocycles. The van der Waals surface area contributed by atoms with Gasteiger partial charge in [0.05, 0.1) is 16.6 Å².